The van der Waals surface area contributed by atoms with Gasteiger partial charge in [0.2, 0.25) is 11.7 Å². The number of benzene rings is 1. The first-order chi connectivity index (χ1) is 9.29. The van der Waals surface area contributed by atoms with Gasteiger partial charge in [0.25, 0.3) is 0 Å². The summed E-state index contributed by atoms with van der Waals surface area (Å²) in [5.41, 5.74) is 1.63. The predicted molar refractivity (Wildman–Crippen MR) is 71.0 cm³/mol. The molecular weight excluding hydrogens is 242 g/mol. The molecule has 3 rings (SSSR count). The van der Waals surface area contributed by atoms with Gasteiger partial charge >= 0.3 is 0 Å². The van der Waals surface area contributed by atoms with Crippen LogP contribution in [0.3, 0.4) is 0 Å². The molecule has 98 valence electrons. The fourth-order valence-corrected chi connectivity index (χ4v) is 2.24. The second-order valence-corrected chi connectivity index (χ2v) is 4.41. The van der Waals surface area contributed by atoms with Crippen molar-refractivity contribution in [3.63, 3.8) is 0 Å². The Morgan fingerprint density at radius 3 is 2.79 bits per heavy atom. The van der Waals surface area contributed by atoms with Crippen LogP contribution in [0.5, 0.6) is 5.75 Å². The number of fused-ring (bicyclic) bond motifs is 1. The molecule has 1 aromatic heterocycles. The van der Waals surface area contributed by atoms with E-state index in [0.29, 0.717) is 12.4 Å². The molecule has 2 aromatic rings. The molecule has 0 spiro atoms. The van der Waals surface area contributed by atoms with Crippen LogP contribution in [0.25, 0.3) is 0 Å². The molecule has 19 heavy (non-hydrogen) atoms. The minimum Gasteiger partial charge on any atom is -0.455 e. The molecule has 0 aliphatic carbocycles. The molecule has 0 saturated heterocycles. The van der Waals surface area contributed by atoms with Crippen LogP contribution in [0.1, 0.15) is 24.5 Å². The Bertz CT molecular complexity index is 634. The second-order valence-electron chi connectivity index (χ2n) is 4.41. The minimum absolute atomic E-state index is 0.0936. The zero-order valence-electron chi connectivity index (χ0n) is 10.7. The number of pyridine rings is 1. The smallest absolute Gasteiger partial charge is 0.227 e. The van der Waals surface area contributed by atoms with Gasteiger partial charge in [0.1, 0.15) is 0 Å². The Kier molecular flexibility index (Phi) is 3.09. The number of hydrogen-bond acceptors (Lipinski definition) is 3. The molecule has 1 aromatic carbocycles. The van der Waals surface area contributed by atoms with E-state index in [2.05, 4.69) is 0 Å². The van der Waals surface area contributed by atoms with Crippen molar-refractivity contribution in [1.29, 1.82) is 0 Å². The van der Waals surface area contributed by atoms with Gasteiger partial charge in [-0.2, -0.15) is 0 Å². The highest BCUT2D eigenvalue weighted by Crippen LogP contribution is 2.30. The van der Waals surface area contributed by atoms with Crippen LogP contribution in [0.15, 0.2) is 47.4 Å². The highest BCUT2D eigenvalue weighted by molar-refractivity contribution is 5.30. The summed E-state index contributed by atoms with van der Waals surface area (Å²) in [5, 5.41) is 0. The number of nitrogens with zero attached hydrogens (tertiary/aromatic N) is 1. The predicted octanol–water partition coefficient (Wildman–Crippen LogP) is 2.48. The molecule has 2 heterocycles. The van der Waals surface area contributed by atoms with Crippen LogP contribution in [0.2, 0.25) is 0 Å². The van der Waals surface area contributed by atoms with E-state index < -0.39 is 6.29 Å². The van der Waals surface area contributed by atoms with E-state index in [1.165, 1.54) is 6.07 Å². The number of ether oxygens (including phenoxy) is 2. The van der Waals surface area contributed by atoms with E-state index in [-0.39, 0.29) is 5.43 Å². The van der Waals surface area contributed by atoms with Gasteiger partial charge < -0.3 is 14.0 Å². The van der Waals surface area contributed by atoms with Crippen molar-refractivity contribution in [2.24, 2.45) is 0 Å². The third kappa shape index (κ3) is 2.15. The highest BCUT2D eigenvalue weighted by Gasteiger charge is 2.25. The summed E-state index contributed by atoms with van der Waals surface area (Å²) < 4.78 is 13.4. The molecule has 4 nitrogen and oxygen atoms in total. The lowest BCUT2D eigenvalue weighted by Gasteiger charge is -2.27. The van der Waals surface area contributed by atoms with Gasteiger partial charge in [-0.25, -0.2) is 0 Å². The third-order valence-corrected chi connectivity index (χ3v) is 3.25. The average Bonchev–Trinajstić information content (AvgIpc) is 2.48. The summed E-state index contributed by atoms with van der Waals surface area (Å²) in [6, 6.07) is 11.2. The van der Waals surface area contributed by atoms with Gasteiger partial charge in [-0.3, -0.25) is 4.79 Å². The van der Waals surface area contributed by atoms with Gasteiger partial charge in [-0.1, -0.05) is 30.3 Å². The summed E-state index contributed by atoms with van der Waals surface area (Å²) in [4.78, 5) is 11.9. The largest absolute Gasteiger partial charge is 0.455 e. The number of hydrogen-bond donors (Lipinski definition) is 0. The molecule has 4 heteroatoms. The number of aromatic nitrogens is 1. The third-order valence-electron chi connectivity index (χ3n) is 3.25. The molecule has 0 fully saturated rings. The van der Waals surface area contributed by atoms with Crippen molar-refractivity contribution < 1.29 is 9.47 Å². The lowest BCUT2D eigenvalue weighted by molar-refractivity contribution is -0.115. The van der Waals surface area contributed by atoms with E-state index in [1.807, 2.05) is 41.8 Å². The van der Waals surface area contributed by atoms with E-state index in [0.717, 1.165) is 17.8 Å². The molecule has 0 saturated carbocycles. The Morgan fingerprint density at radius 1 is 1.26 bits per heavy atom. The van der Waals surface area contributed by atoms with E-state index in [9.17, 15) is 4.79 Å². The normalized spacial score (nSPS) is 17.6. The van der Waals surface area contributed by atoms with Crippen LogP contribution in [-0.2, 0) is 17.9 Å². The maximum atomic E-state index is 11.9. The van der Waals surface area contributed by atoms with Crippen molar-refractivity contribution in [1.82, 2.24) is 4.57 Å². The second kappa shape index (κ2) is 4.90. The van der Waals surface area contributed by atoms with Crippen LogP contribution in [-0.4, -0.2) is 4.57 Å². The lowest BCUT2D eigenvalue weighted by Crippen LogP contribution is -2.26. The van der Waals surface area contributed by atoms with Crippen molar-refractivity contribution in [3.8, 4) is 5.75 Å². The monoisotopic (exact) mass is 257 g/mol. The molecule has 1 atom stereocenters. The SMILES string of the molecule is CCn1ccc(=O)c2c1CO[C@@H](c1ccccc1)O2. The van der Waals surface area contributed by atoms with Crippen LogP contribution in [0, 0.1) is 0 Å². The summed E-state index contributed by atoms with van der Waals surface area (Å²) >= 11 is 0. The lowest BCUT2D eigenvalue weighted by atomic mass is 10.2. The first-order valence-corrected chi connectivity index (χ1v) is 6.35. The Balaban J connectivity index is 1.98. The van der Waals surface area contributed by atoms with Crippen molar-refractivity contribution in [2.75, 3.05) is 0 Å². The maximum absolute atomic E-state index is 11.9. The molecule has 0 amide bonds. The van der Waals surface area contributed by atoms with Gasteiger partial charge in [0.15, 0.2) is 5.75 Å². The van der Waals surface area contributed by atoms with Crippen LogP contribution >= 0.6 is 0 Å². The maximum Gasteiger partial charge on any atom is 0.227 e. The topological polar surface area (TPSA) is 40.5 Å². The van der Waals surface area contributed by atoms with E-state index in [1.54, 1.807) is 6.20 Å². The Morgan fingerprint density at radius 2 is 2.05 bits per heavy atom. The molecule has 0 bridgehead atoms. The number of aryl methyl sites for hydroxylation is 1. The van der Waals surface area contributed by atoms with Gasteiger partial charge in [0.05, 0.1) is 12.3 Å². The van der Waals surface area contributed by atoms with Crippen molar-refractivity contribution in [2.45, 2.75) is 26.4 Å². The molecule has 1 aliphatic heterocycles. The summed E-state index contributed by atoms with van der Waals surface area (Å²) in [6.07, 6.45) is 1.27. The average molecular weight is 257 g/mol. The summed E-state index contributed by atoms with van der Waals surface area (Å²) in [7, 11) is 0. The van der Waals surface area contributed by atoms with E-state index in [4.69, 9.17) is 9.47 Å². The zero-order chi connectivity index (χ0) is 13.2. The fourth-order valence-electron chi connectivity index (χ4n) is 2.24. The van der Waals surface area contributed by atoms with Crippen LogP contribution in [0.4, 0.5) is 0 Å². The van der Waals surface area contributed by atoms with Gasteiger partial charge in [-0.05, 0) is 6.92 Å². The Labute approximate surface area is 111 Å². The molecule has 0 radical (unpaired) electrons. The highest BCUT2D eigenvalue weighted by atomic mass is 16.7. The first kappa shape index (κ1) is 12.0. The van der Waals surface area contributed by atoms with Gasteiger partial charge in [0, 0.05) is 24.4 Å². The van der Waals surface area contributed by atoms with Crippen molar-refractivity contribution in [3.05, 3.63) is 64.1 Å². The standard InChI is InChI=1S/C15H15NO3/c1-2-16-9-8-13(17)14-12(16)10-18-15(19-14)11-6-4-3-5-7-11/h3-9,15H,2,10H2,1H3/t15-/m1/s1. The van der Waals surface area contributed by atoms with Gasteiger partial charge in [-0.15, -0.1) is 0 Å². The first-order valence-electron chi connectivity index (χ1n) is 6.35. The Hall–Kier alpha value is -2.07. The van der Waals surface area contributed by atoms with Crippen molar-refractivity contribution >= 4 is 0 Å². The fraction of sp³-hybridized carbons (Fsp3) is 0.267. The quantitative estimate of drug-likeness (QED) is 0.829. The summed E-state index contributed by atoms with van der Waals surface area (Å²) in [5.74, 6) is 0.407. The molecule has 1 aliphatic rings. The molecule has 0 unspecified atom stereocenters. The number of rotatable bonds is 2. The van der Waals surface area contributed by atoms with E-state index >= 15 is 0 Å². The molecule has 0 N–H and O–H groups in total. The zero-order valence-corrected chi connectivity index (χ0v) is 10.7. The molecular formula is C15H15NO3. The minimum atomic E-state index is -0.505. The summed E-state index contributed by atoms with van der Waals surface area (Å²) in [6.45, 7) is 3.19. The van der Waals surface area contributed by atoms with Crippen LogP contribution < -0.4 is 10.2 Å².